The second kappa shape index (κ2) is 13.1. The van der Waals surface area contributed by atoms with Gasteiger partial charge in [0.1, 0.15) is 18.5 Å². The number of rotatable bonds is 13. The molecule has 0 heterocycles. The Kier molecular flexibility index (Phi) is 10.8. The summed E-state index contributed by atoms with van der Waals surface area (Å²) in [4.78, 5) is 2.30. The van der Waals surface area contributed by atoms with Crippen molar-refractivity contribution in [2.24, 2.45) is 0 Å². The summed E-state index contributed by atoms with van der Waals surface area (Å²) in [5, 5.41) is 13.8. The Bertz CT molecular complexity index is 506. The van der Waals surface area contributed by atoms with Crippen molar-refractivity contribution in [1.29, 1.82) is 0 Å². The molecule has 1 atom stereocenters. The van der Waals surface area contributed by atoms with Gasteiger partial charge in [-0.1, -0.05) is 31.4 Å². The molecular weight excluding hydrogens is 340 g/mol. The van der Waals surface area contributed by atoms with Gasteiger partial charge in [0.25, 0.3) is 0 Å². The Balaban J connectivity index is 1.65. The fourth-order valence-electron chi connectivity index (χ4n) is 3.67. The summed E-state index contributed by atoms with van der Waals surface area (Å²) < 4.78 is 11.2. The monoisotopic (exact) mass is 378 g/mol. The molecule has 0 radical (unpaired) electrons. The summed E-state index contributed by atoms with van der Waals surface area (Å²) in [6.07, 6.45) is 7.05. The van der Waals surface area contributed by atoms with Crippen LogP contribution in [0.25, 0.3) is 0 Å². The highest BCUT2D eigenvalue weighted by Crippen LogP contribution is 2.21. The average molecular weight is 379 g/mol. The number of aliphatic hydroxyl groups excluding tert-OH is 1. The number of nitrogens with one attached hydrogen (secondary N) is 1. The predicted molar refractivity (Wildman–Crippen MR) is 110 cm³/mol. The van der Waals surface area contributed by atoms with Gasteiger partial charge in [-0.05, 0) is 57.5 Å². The van der Waals surface area contributed by atoms with Crippen LogP contribution >= 0.6 is 0 Å². The van der Waals surface area contributed by atoms with Crippen LogP contribution in [0.3, 0.4) is 0 Å². The van der Waals surface area contributed by atoms with E-state index in [9.17, 15) is 5.11 Å². The van der Waals surface area contributed by atoms with Crippen molar-refractivity contribution in [3.05, 3.63) is 29.8 Å². The molecule has 1 aromatic rings. The minimum Gasteiger partial charge on any atom is -0.491 e. The highest BCUT2D eigenvalue weighted by atomic mass is 16.5. The number of nitrogens with zero attached hydrogens (tertiary/aromatic N) is 1. The van der Waals surface area contributed by atoms with Crippen LogP contribution in [0.1, 0.15) is 51.0 Å². The van der Waals surface area contributed by atoms with Crippen molar-refractivity contribution < 1.29 is 14.6 Å². The number of aliphatic hydroxyl groups is 1. The molecule has 0 bridgehead atoms. The zero-order valence-electron chi connectivity index (χ0n) is 17.2. The van der Waals surface area contributed by atoms with Crippen LogP contribution in [0.5, 0.6) is 5.75 Å². The molecule has 1 fully saturated rings. The number of hydrogen-bond donors (Lipinski definition) is 2. The fourth-order valence-corrected chi connectivity index (χ4v) is 3.67. The summed E-state index contributed by atoms with van der Waals surface area (Å²) in [6.45, 7) is 6.37. The first-order valence-electron chi connectivity index (χ1n) is 10.6. The Hall–Kier alpha value is -1.14. The van der Waals surface area contributed by atoms with Crippen LogP contribution in [0.2, 0.25) is 0 Å². The first-order chi connectivity index (χ1) is 13.2. The van der Waals surface area contributed by atoms with Crippen molar-refractivity contribution in [3.8, 4) is 5.75 Å². The summed E-state index contributed by atoms with van der Waals surface area (Å²) in [5.41, 5.74) is 1.19. The van der Waals surface area contributed by atoms with E-state index in [1.54, 1.807) is 0 Å². The second-order valence-electron chi connectivity index (χ2n) is 7.57. The maximum atomic E-state index is 10.3. The summed E-state index contributed by atoms with van der Waals surface area (Å²) in [5.74, 6) is 0.822. The molecule has 5 heteroatoms. The van der Waals surface area contributed by atoms with E-state index in [2.05, 4.69) is 23.3 Å². The van der Waals surface area contributed by atoms with E-state index in [0.717, 1.165) is 38.5 Å². The number of ether oxygens (including phenoxy) is 2. The van der Waals surface area contributed by atoms with Gasteiger partial charge < -0.3 is 24.8 Å². The van der Waals surface area contributed by atoms with Crippen molar-refractivity contribution in [1.82, 2.24) is 10.2 Å². The Labute approximate surface area is 165 Å². The first kappa shape index (κ1) is 22.2. The second-order valence-corrected chi connectivity index (χ2v) is 7.57. The third kappa shape index (κ3) is 9.06. The Morgan fingerprint density at radius 2 is 2.07 bits per heavy atom. The van der Waals surface area contributed by atoms with E-state index in [4.69, 9.17) is 9.47 Å². The smallest absolute Gasteiger partial charge is 0.119 e. The van der Waals surface area contributed by atoms with Crippen LogP contribution in [0.15, 0.2) is 24.3 Å². The molecular formula is C22H38N2O3. The summed E-state index contributed by atoms with van der Waals surface area (Å²) >= 11 is 0. The molecule has 0 aromatic heterocycles. The molecule has 1 aliphatic rings. The molecule has 1 aromatic carbocycles. The van der Waals surface area contributed by atoms with Crippen LogP contribution in [0, 0.1) is 0 Å². The van der Waals surface area contributed by atoms with E-state index in [-0.39, 0.29) is 0 Å². The standard InChI is InChI=1S/C22H38N2O3/c1-3-26-14-8-13-23-16-19-9-7-12-22(15-19)27-18-21(25)17-24(2)20-10-5-4-6-11-20/h7,9,12,15,20-21,23,25H,3-6,8,10-11,13-14,16-18H2,1-2H3. The summed E-state index contributed by atoms with van der Waals surface area (Å²) in [6, 6.07) is 8.72. The van der Waals surface area contributed by atoms with Gasteiger partial charge in [0, 0.05) is 32.3 Å². The molecule has 2 N–H and O–H groups in total. The molecule has 0 spiro atoms. The SMILES string of the molecule is CCOCCCNCc1cccc(OCC(O)CN(C)C2CCCCC2)c1. The Morgan fingerprint density at radius 1 is 1.26 bits per heavy atom. The maximum Gasteiger partial charge on any atom is 0.119 e. The van der Waals surface area contributed by atoms with E-state index in [1.807, 2.05) is 25.1 Å². The maximum absolute atomic E-state index is 10.3. The van der Waals surface area contributed by atoms with E-state index >= 15 is 0 Å². The van der Waals surface area contributed by atoms with Gasteiger partial charge in [-0.3, -0.25) is 0 Å². The quantitative estimate of drug-likeness (QED) is 0.516. The van der Waals surface area contributed by atoms with Crippen LogP contribution in [0.4, 0.5) is 0 Å². The predicted octanol–water partition coefficient (Wildman–Crippen LogP) is 3.21. The van der Waals surface area contributed by atoms with Crippen LogP contribution in [-0.2, 0) is 11.3 Å². The number of likely N-dealkylation sites (N-methyl/N-ethyl adjacent to an activating group) is 1. The van der Waals surface area contributed by atoms with Crippen molar-refractivity contribution >= 4 is 0 Å². The van der Waals surface area contributed by atoms with Gasteiger partial charge in [-0.25, -0.2) is 0 Å². The van der Waals surface area contributed by atoms with Gasteiger partial charge in [0.15, 0.2) is 0 Å². The van der Waals surface area contributed by atoms with Crippen molar-refractivity contribution in [3.63, 3.8) is 0 Å². The number of benzene rings is 1. The van der Waals surface area contributed by atoms with E-state index < -0.39 is 6.10 Å². The van der Waals surface area contributed by atoms with Gasteiger partial charge in [-0.2, -0.15) is 0 Å². The molecule has 0 aliphatic heterocycles. The Morgan fingerprint density at radius 3 is 2.85 bits per heavy atom. The third-order valence-corrected chi connectivity index (χ3v) is 5.21. The first-order valence-corrected chi connectivity index (χ1v) is 10.6. The van der Waals surface area contributed by atoms with Crippen molar-refractivity contribution in [2.75, 3.05) is 40.0 Å². The molecule has 1 saturated carbocycles. The topological polar surface area (TPSA) is 54.0 Å². The van der Waals surface area contributed by atoms with Gasteiger partial charge >= 0.3 is 0 Å². The van der Waals surface area contributed by atoms with Gasteiger partial charge in [0.05, 0.1) is 0 Å². The third-order valence-electron chi connectivity index (χ3n) is 5.21. The zero-order chi connectivity index (χ0) is 19.3. The average Bonchev–Trinajstić information content (AvgIpc) is 2.70. The molecule has 0 amide bonds. The van der Waals surface area contributed by atoms with Crippen LogP contribution < -0.4 is 10.1 Å². The molecule has 5 nitrogen and oxygen atoms in total. The lowest BCUT2D eigenvalue weighted by Crippen LogP contribution is -2.40. The normalized spacial score (nSPS) is 16.6. The van der Waals surface area contributed by atoms with E-state index in [0.29, 0.717) is 19.2 Å². The minimum absolute atomic E-state index is 0.336. The largest absolute Gasteiger partial charge is 0.491 e. The molecule has 27 heavy (non-hydrogen) atoms. The highest BCUT2D eigenvalue weighted by molar-refractivity contribution is 5.28. The molecule has 154 valence electrons. The molecule has 1 aliphatic carbocycles. The lowest BCUT2D eigenvalue weighted by molar-refractivity contribution is 0.0561. The zero-order valence-corrected chi connectivity index (χ0v) is 17.2. The molecule has 2 rings (SSSR count). The number of hydrogen-bond acceptors (Lipinski definition) is 5. The molecule has 1 unspecified atom stereocenters. The van der Waals surface area contributed by atoms with Gasteiger partial charge in [-0.15, -0.1) is 0 Å². The van der Waals surface area contributed by atoms with Crippen LogP contribution in [-0.4, -0.2) is 62.1 Å². The van der Waals surface area contributed by atoms with Crippen molar-refractivity contribution in [2.45, 2.75) is 64.1 Å². The van der Waals surface area contributed by atoms with Gasteiger partial charge in [0.2, 0.25) is 0 Å². The lowest BCUT2D eigenvalue weighted by Gasteiger charge is -2.32. The lowest BCUT2D eigenvalue weighted by atomic mass is 9.94. The summed E-state index contributed by atoms with van der Waals surface area (Å²) in [7, 11) is 2.12. The van der Waals surface area contributed by atoms with E-state index in [1.165, 1.54) is 37.7 Å². The highest BCUT2D eigenvalue weighted by Gasteiger charge is 2.20. The minimum atomic E-state index is -0.461. The fraction of sp³-hybridized carbons (Fsp3) is 0.727. The molecule has 0 saturated heterocycles.